The quantitative estimate of drug-likeness (QED) is 0.208. The van der Waals surface area contributed by atoms with Crippen molar-refractivity contribution in [3.8, 4) is 16.9 Å². The van der Waals surface area contributed by atoms with Gasteiger partial charge >= 0.3 is 0 Å². The molecule has 7 heteroatoms. The van der Waals surface area contributed by atoms with Crippen LogP contribution in [0.2, 0.25) is 0 Å². The van der Waals surface area contributed by atoms with Crippen molar-refractivity contribution in [2.24, 2.45) is 5.16 Å². The van der Waals surface area contributed by atoms with E-state index in [1.54, 1.807) is 0 Å². The van der Waals surface area contributed by atoms with E-state index in [0.29, 0.717) is 25.4 Å². The van der Waals surface area contributed by atoms with Crippen LogP contribution in [0.3, 0.4) is 0 Å². The summed E-state index contributed by atoms with van der Waals surface area (Å²) in [5.74, 6) is 0.485. The average molecular weight is 489 g/mol. The summed E-state index contributed by atoms with van der Waals surface area (Å²) < 4.78 is 5.75. The van der Waals surface area contributed by atoms with Crippen molar-refractivity contribution in [3.63, 3.8) is 0 Å². The van der Waals surface area contributed by atoms with Gasteiger partial charge < -0.3 is 9.57 Å². The van der Waals surface area contributed by atoms with Gasteiger partial charge in [-0.3, -0.25) is 14.9 Å². The maximum absolute atomic E-state index is 11.7. The fourth-order valence-corrected chi connectivity index (χ4v) is 4.61. The van der Waals surface area contributed by atoms with E-state index < -0.39 is 0 Å². The Kier molecular flexibility index (Phi) is 8.57. The highest BCUT2D eigenvalue weighted by molar-refractivity contribution is 8.15. The molecule has 0 aliphatic carbocycles. The molecule has 0 saturated carbocycles. The zero-order valence-electron chi connectivity index (χ0n) is 19.6. The molecule has 0 bridgehead atoms. The van der Waals surface area contributed by atoms with Crippen LogP contribution in [0, 0.1) is 0 Å². The maximum atomic E-state index is 11.7. The molecule has 1 aliphatic heterocycles. The summed E-state index contributed by atoms with van der Waals surface area (Å²) in [6.07, 6.45) is 2.31. The number of carbonyl (C=O) groups is 2. The van der Waals surface area contributed by atoms with Crippen molar-refractivity contribution in [3.05, 3.63) is 90.0 Å². The molecule has 3 aromatic rings. The number of amides is 2. The van der Waals surface area contributed by atoms with Crippen molar-refractivity contribution in [2.75, 3.05) is 13.2 Å². The van der Waals surface area contributed by atoms with Crippen molar-refractivity contribution in [1.82, 2.24) is 5.32 Å². The Bertz CT molecular complexity index is 1160. The smallest absolute Gasteiger partial charge is 0.286 e. The number of benzene rings is 3. The van der Waals surface area contributed by atoms with Gasteiger partial charge in [-0.2, -0.15) is 0 Å². The van der Waals surface area contributed by atoms with Crippen LogP contribution < -0.4 is 10.1 Å². The van der Waals surface area contributed by atoms with Crippen molar-refractivity contribution in [2.45, 2.75) is 31.4 Å². The number of rotatable bonds is 11. The van der Waals surface area contributed by atoms with Gasteiger partial charge in [0, 0.05) is 0 Å². The lowest BCUT2D eigenvalue weighted by molar-refractivity contribution is -0.118. The molecule has 1 aliphatic rings. The molecule has 1 heterocycles. The SMILES string of the molecule is CCC/C(=N\OCCOc1ccc(CC2SC(=O)NC2=O)cc1)c1ccc(-c2ccccc2)cc1. The zero-order valence-corrected chi connectivity index (χ0v) is 20.4. The lowest BCUT2D eigenvalue weighted by Gasteiger charge is -2.09. The second-order valence-electron chi connectivity index (χ2n) is 8.14. The normalized spacial score (nSPS) is 15.7. The van der Waals surface area contributed by atoms with Gasteiger partial charge in [-0.1, -0.05) is 97.0 Å². The first-order chi connectivity index (χ1) is 17.1. The van der Waals surface area contributed by atoms with Crippen molar-refractivity contribution < 1.29 is 19.2 Å². The number of carbonyl (C=O) groups excluding carboxylic acids is 2. The Morgan fingerprint density at radius 2 is 1.63 bits per heavy atom. The molecule has 4 rings (SSSR count). The standard InChI is InChI=1S/C28H28N2O4S/c1-2-6-25(23-13-11-22(12-14-23)21-7-4-3-5-8-21)30-34-18-17-33-24-15-9-20(10-16-24)19-26-27(31)29-28(32)35-26/h3-5,7-16,26H,2,6,17-19H2,1H3,(H,29,31,32)/b30-25+. The highest BCUT2D eigenvalue weighted by Crippen LogP contribution is 2.24. The van der Waals surface area contributed by atoms with Gasteiger partial charge in [0.05, 0.1) is 11.0 Å². The topological polar surface area (TPSA) is 77.0 Å². The van der Waals surface area contributed by atoms with E-state index >= 15 is 0 Å². The molecule has 1 atom stereocenters. The number of hydrogen-bond acceptors (Lipinski definition) is 6. The van der Waals surface area contributed by atoms with Crippen LogP contribution in [-0.4, -0.2) is 35.3 Å². The van der Waals surface area contributed by atoms with E-state index in [9.17, 15) is 9.59 Å². The minimum absolute atomic E-state index is 0.229. The van der Waals surface area contributed by atoms with Crippen LogP contribution in [0.5, 0.6) is 5.75 Å². The Morgan fingerprint density at radius 3 is 2.29 bits per heavy atom. The van der Waals surface area contributed by atoms with Gasteiger partial charge in [0.1, 0.15) is 12.4 Å². The highest BCUT2D eigenvalue weighted by atomic mass is 32.2. The fraction of sp³-hybridized carbons (Fsp3) is 0.250. The molecule has 2 amide bonds. The lowest BCUT2D eigenvalue weighted by Crippen LogP contribution is -2.25. The van der Waals surface area contributed by atoms with E-state index in [1.165, 1.54) is 11.1 Å². The number of nitrogens with one attached hydrogen (secondary N) is 1. The van der Waals surface area contributed by atoms with E-state index in [1.807, 2.05) is 42.5 Å². The van der Waals surface area contributed by atoms with E-state index in [2.05, 4.69) is 53.8 Å². The molecule has 1 unspecified atom stereocenters. The predicted molar refractivity (Wildman–Crippen MR) is 140 cm³/mol. The molecule has 35 heavy (non-hydrogen) atoms. The highest BCUT2D eigenvalue weighted by Gasteiger charge is 2.31. The maximum Gasteiger partial charge on any atom is 0.286 e. The van der Waals surface area contributed by atoms with Crippen molar-refractivity contribution >= 4 is 28.6 Å². The van der Waals surface area contributed by atoms with Crippen LogP contribution in [-0.2, 0) is 16.1 Å². The first kappa shape index (κ1) is 24.5. The lowest BCUT2D eigenvalue weighted by atomic mass is 10.0. The second kappa shape index (κ2) is 12.2. The van der Waals surface area contributed by atoms with Crippen LogP contribution >= 0.6 is 11.8 Å². The van der Waals surface area contributed by atoms with Crippen LogP contribution in [0.25, 0.3) is 11.1 Å². The van der Waals surface area contributed by atoms with Crippen LogP contribution in [0.15, 0.2) is 84.0 Å². The van der Waals surface area contributed by atoms with Gasteiger partial charge in [0.2, 0.25) is 5.91 Å². The number of oxime groups is 1. The van der Waals surface area contributed by atoms with Gasteiger partial charge in [-0.15, -0.1) is 0 Å². The number of thioether (sulfide) groups is 1. The summed E-state index contributed by atoms with van der Waals surface area (Å²) in [5.41, 5.74) is 5.31. The number of hydrogen-bond donors (Lipinski definition) is 1. The molecular formula is C28H28N2O4S. The molecule has 1 fully saturated rings. The van der Waals surface area contributed by atoms with Gasteiger partial charge in [-0.05, 0) is 47.2 Å². The molecule has 0 spiro atoms. The van der Waals surface area contributed by atoms with E-state index in [-0.39, 0.29) is 16.4 Å². The second-order valence-corrected chi connectivity index (χ2v) is 9.32. The Hall–Kier alpha value is -3.58. The summed E-state index contributed by atoms with van der Waals surface area (Å²) in [6.45, 7) is 2.82. The largest absolute Gasteiger partial charge is 0.490 e. The summed E-state index contributed by atoms with van der Waals surface area (Å²) in [4.78, 5) is 28.6. The zero-order chi connectivity index (χ0) is 24.5. The Labute approximate surface area is 209 Å². The minimum Gasteiger partial charge on any atom is -0.490 e. The monoisotopic (exact) mass is 488 g/mol. The molecule has 6 nitrogen and oxygen atoms in total. The number of imide groups is 1. The number of nitrogens with zero attached hydrogens (tertiary/aromatic N) is 1. The first-order valence-electron chi connectivity index (χ1n) is 11.7. The van der Waals surface area contributed by atoms with Crippen LogP contribution in [0.4, 0.5) is 4.79 Å². The summed E-state index contributed by atoms with van der Waals surface area (Å²) in [5, 5.41) is 6.03. The molecule has 180 valence electrons. The molecule has 0 radical (unpaired) electrons. The van der Waals surface area contributed by atoms with Crippen molar-refractivity contribution in [1.29, 1.82) is 0 Å². The van der Waals surface area contributed by atoms with Crippen LogP contribution in [0.1, 0.15) is 30.9 Å². The van der Waals surface area contributed by atoms with Gasteiger partial charge in [-0.25, -0.2) is 0 Å². The third-order valence-corrected chi connectivity index (χ3v) is 6.52. The Balaban J connectivity index is 1.25. The molecule has 0 aromatic heterocycles. The average Bonchev–Trinajstić information content (AvgIpc) is 3.21. The molecule has 1 N–H and O–H groups in total. The summed E-state index contributed by atoms with van der Waals surface area (Å²) in [6, 6.07) is 26.2. The first-order valence-corrected chi connectivity index (χ1v) is 12.6. The number of ether oxygens (including phenoxy) is 1. The van der Waals surface area contributed by atoms with Gasteiger partial charge in [0.25, 0.3) is 5.24 Å². The molecular weight excluding hydrogens is 460 g/mol. The third-order valence-electron chi connectivity index (χ3n) is 5.54. The van der Waals surface area contributed by atoms with E-state index in [4.69, 9.17) is 9.57 Å². The molecule has 1 saturated heterocycles. The fourth-order valence-electron chi connectivity index (χ4n) is 3.75. The third kappa shape index (κ3) is 6.96. The minimum atomic E-state index is -0.368. The summed E-state index contributed by atoms with van der Waals surface area (Å²) >= 11 is 1.04. The van der Waals surface area contributed by atoms with E-state index in [0.717, 1.165) is 41.4 Å². The predicted octanol–water partition coefficient (Wildman–Crippen LogP) is 5.85. The summed E-state index contributed by atoms with van der Waals surface area (Å²) in [7, 11) is 0. The Morgan fingerprint density at radius 1 is 0.914 bits per heavy atom. The molecule has 3 aromatic carbocycles. The van der Waals surface area contributed by atoms with Gasteiger partial charge in [0.15, 0.2) is 6.61 Å².